The summed E-state index contributed by atoms with van der Waals surface area (Å²) in [7, 11) is 1.58. The molecule has 0 saturated carbocycles. The number of urea groups is 1. The summed E-state index contributed by atoms with van der Waals surface area (Å²) in [4.78, 5) is 23.2. The molecule has 0 fully saturated rings. The summed E-state index contributed by atoms with van der Waals surface area (Å²) in [6.45, 7) is 0. The van der Waals surface area contributed by atoms with Gasteiger partial charge in [0.1, 0.15) is 5.75 Å². The summed E-state index contributed by atoms with van der Waals surface area (Å²) < 4.78 is 5.21. The Bertz CT molecular complexity index is 741. The zero-order valence-electron chi connectivity index (χ0n) is 12.6. The van der Waals surface area contributed by atoms with E-state index in [0.717, 1.165) is 5.56 Å². The highest BCUT2D eigenvalue weighted by Gasteiger charge is 2.09. The van der Waals surface area contributed by atoms with Gasteiger partial charge in [-0.2, -0.15) is 0 Å². The van der Waals surface area contributed by atoms with Crippen LogP contribution in [-0.2, 0) is 0 Å². The molecule has 0 aliphatic rings. The van der Waals surface area contributed by atoms with Crippen LogP contribution in [0.25, 0.3) is 6.08 Å². The van der Waals surface area contributed by atoms with Crippen molar-refractivity contribution in [2.75, 3.05) is 12.4 Å². The first-order chi connectivity index (χ1) is 11.1. The van der Waals surface area contributed by atoms with Gasteiger partial charge in [0.05, 0.1) is 18.4 Å². The smallest absolute Gasteiger partial charge is 0.323 e. The first-order valence-corrected chi connectivity index (χ1v) is 6.87. The minimum absolute atomic E-state index is 0.247. The summed E-state index contributed by atoms with van der Waals surface area (Å²) >= 11 is 0. The number of benzene rings is 2. The van der Waals surface area contributed by atoms with Gasteiger partial charge in [0, 0.05) is 11.8 Å². The van der Waals surface area contributed by atoms with Crippen LogP contribution in [0.3, 0.4) is 0 Å². The van der Waals surface area contributed by atoms with Gasteiger partial charge in [-0.05, 0) is 24.3 Å². The van der Waals surface area contributed by atoms with Crippen molar-refractivity contribution in [3.63, 3.8) is 0 Å². The highest BCUT2D eigenvalue weighted by Crippen LogP contribution is 2.18. The Balaban J connectivity index is 2.01. The second-order valence-electron chi connectivity index (χ2n) is 4.58. The number of para-hydroxylation sites is 2. The lowest BCUT2D eigenvalue weighted by atomic mass is 10.1. The molecule has 0 aliphatic carbocycles. The average Bonchev–Trinajstić information content (AvgIpc) is 2.55. The van der Waals surface area contributed by atoms with E-state index >= 15 is 0 Å². The van der Waals surface area contributed by atoms with Crippen molar-refractivity contribution in [1.29, 1.82) is 0 Å². The summed E-state index contributed by atoms with van der Waals surface area (Å²) in [5.74, 6) is 0.0931. The molecule has 0 aromatic heterocycles. The van der Waals surface area contributed by atoms with E-state index in [1.165, 1.54) is 6.20 Å². The number of hydrogen-bond donors (Lipinski definition) is 3. The van der Waals surface area contributed by atoms with Crippen LogP contribution in [-0.4, -0.2) is 19.0 Å². The number of primary amides is 1. The fraction of sp³-hybridized carbons (Fsp3) is 0.0588. The number of rotatable bonds is 5. The number of nitrogens with two attached hydrogens (primary N) is 1. The third-order valence-corrected chi connectivity index (χ3v) is 3.06. The predicted molar refractivity (Wildman–Crippen MR) is 89.1 cm³/mol. The number of carbonyl (C=O) groups is 2. The molecule has 23 heavy (non-hydrogen) atoms. The molecule has 0 unspecified atom stereocenters. The number of hydrogen-bond acceptors (Lipinski definition) is 3. The molecule has 0 spiro atoms. The van der Waals surface area contributed by atoms with Crippen LogP contribution < -0.4 is 21.1 Å². The third kappa shape index (κ3) is 4.34. The van der Waals surface area contributed by atoms with Gasteiger partial charge in [-0.25, -0.2) is 4.79 Å². The van der Waals surface area contributed by atoms with Crippen LogP contribution in [0, 0.1) is 0 Å². The Morgan fingerprint density at radius 3 is 2.52 bits per heavy atom. The number of ether oxygens (including phenoxy) is 1. The van der Waals surface area contributed by atoms with Crippen molar-refractivity contribution >= 4 is 23.7 Å². The fourth-order valence-corrected chi connectivity index (χ4v) is 1.98. The van der Waals surface area contributed by atoms with Crippen molar-refractivity contribution in [2.24, 2.45) is 5.73 Å². The maximum atomic E-state index is 11.9. The molecule has 3 amide bonds. The Labute approximate surface area is 133 Å². The van der Waals surface area contributed by atoms with Crippen molar-refractivity contribution in [2.45, 2.75) is 0 Å². The minimum atomic E-state index is -0.606. The second-order valence-corrected chi connectivity index (χ2v) is 4.58. The zero-order chi connectivity index (χ0) is 16.7. The largest absolute Gasteiger partial charge is 0.496 e. The predicted octanol–water partition coefficient (Wildman–Crippen LogP) is 2.59. The van der Waals surface area contributed by atoms with Crippen molar-refractivity contribution in [3.8, 4) is 5.75 Å². The van der Waals surface area contributed by atoms with E-state index in [9.17, 15) is 9.59 Å². The van der Waals surface area contributed by atoms with Gasteiger partial charge in [0.25, 0.3) is 5.91 Å². The van der Waals surface area contributed by atoms with Crippen molar-refractivity contribution in [1.82, 2.24) is 5.32 Å². The van der Waals surface area contributed by atoms with Gasteiger partial charge in [-0.3, -0.25) is 4.79 Å². The molecule has 0 radical (unpaired) electrons. The lowest BCUT2D eigenvalue weighted by Crippen LogP contribution is -2.25. The van der Waals surface area contributed by atoms with Crippen LogP contribution in [0.4, 0.5) is 10.5 Å². The summed E-state index contributed by atoms with van der Waals surface area (Å²) in [6.07, 6.45) is 3.19. The molecule has 2 aromatic carbocycles. The number of carbonyl (C=O) groups excluding carboxylic acids is 2. The third-order valence-electron chi connectivity index (χ3n) is 3.06. The molecular formula is C17H17N3O3. The summed E-state index contributed by atoms with van der Waals surface area (Å²) in [6, 6.07) is 13.4. The maximum absolute atomic E-state index is 11.9. The molecule has 4 N–H and O–H groups in total. The van der Waals surface area contributed by atoms with E-state index in [1.54, 1.807) is 37.5 Å². The van der Waals surface area contributed by atoms with Crippen LogP contribution >= 0.6 is 0 Å². The van der Waals surface area contributed by atoms with Gasteiger partial charge < -0.3 is 21.1 Å². The van der Waals surface area contributed by atoms with Gasteiger partial charge in [0.15, 0.2) is 0 Å². The molecule has 2 aromatic rings. The monoisotopic (exact) mass is 311 g/mol. The molecule has 0 saturated heterocycles. The van der Waals surface area contributed by atoms with Crippen LogP contribution in [0.1, 0.15) is 15.9 Å². The van der Waals surface area contributed by atoms with E-state index in [-0.39, 0.29) is 5.56 Å². The highest BCUT2D eigenvalue weighted by molar-refractivity contribution is 6.02. The van der Waals surface area contributed by atoms with E-state index in [1.807, 2.05) is 24.3 Å². The van der Waals surface area contributed by atoms with Crippen molar-refractivity contribution in [3.05, 3.63) is 65.9 Å². The van der Waals surface area contributed by atoms with Gasteiger partial charge in [-0.15, -0.1) is 0 Å². The summed E-state index contributed by atoms with van der Waals surface area (Å²) in [5.41, 5.74) is 6.68. The molecule has 0 bridgehead atoms. The fourth-order valence-electron chi connectivity index (χ4n) is 1.98. The molecule has 6 nitrogen and oxygen atoms in total. The zero-order valence-corrected chi connectivity index (χ0v) is 12.6. The lowest BCUT2D eigenvalue weighted by Gasteiger charge is -2.08. The SMILES string of the molecule is COc1ccccc1/C=C/NC(=O)Nc1ccccc1C(N)=O. The standard InChI is InChI=1S/C17H17N3O3/c1-23-15-9-5-2-6-12(15)10-11-19-17(22)20-14-8-4-3-7-13(14)16(18)21/h2-11H,1H3,(H2,18,21)(H2,19,20,22)/b11-10+. The quantitative estimate of drug-likeness (QED) is 0.792. The molecule has 0 heterocycles. The Morgan fingerprint density at radius 1 is 1.09 bits per heavy atom. The van der Waals surface area contributed by atoms with Crippen LogP contribution in [0.5, 0.6) is 5.75 Å². The van der Waals surface area contributed by atoms with E-state index in [0.29, 0.717) is 11.4 Å². The first-order valence-electron chi connectivity index (χ1n) is 6.87. The number of amides is 3. The average molecular weight is 311 g/mol. The minimum Gasteiger partial charge on any atom is -0.496 e. The van der Waals surface area contributed by atoms with Crippen LogP contribution in [0.15, 0.2) is 54.7 Å². The molecular weight excluding hydrogens is 294 g/mol. The maximum Gasteiger partial charge on any atom is 0.323 e. The molecule has 0 aliphatic heterocycles. The molecule has 6 heteroatoms. The highest BCUT2D eigenvalue weighted by atomic mass is 16.5. The first kappa shape index (κ1) is 16.1. The van der Waals surface area contributed by atoms with Gasteiger partial charge in [-0.1, -0.05) is 30.3 Å². The second kappa shape index (κ2) is 7.65. The number of anilines is 1. The van der Waals surface area contributed by atoms with Gasteiger partial charge in [0.2, 0.25) is 0 Å². The lowest BCUT2D eigenvalue weighted by molar-refractivity contribution is 0.100. The molecule has 118 valence electrons. The van der Waals surface area contributed by atoms with E-state index in [4.69, 9.17) is 10.5 Å². The van der Waals surface area contributed by atoms with Gasteiger partial charge >= 0.3 is 6.03 Å². The van der Waals surface area contributed by atoms with Crippen LogP contribution in [0.2, 0.25) is 0 Å². The normalized spacial score (nSPS) is 10.3. The summed E-state index contributed by atoms with van der Waals surface area (Å²) in [5, 5.41) is 5.13. The van der Waals surface area contributed by atoms with Crippen molar-refractivity contribution < 1.29 is 14.3 Å². The Hall–Kier alpha value is -3.28. The Kier molecular flexibility index (Phi) is 5.35. The topological polar surface area (TPSA) is 93.4 Å². The molecule has 0 atom stereocenters. The Morgan fingerprint density at radius 2 is 1.78 bits per heavy atom. The molecule has 2 rings (SSSR count). The van der Waals surface area contributed by atoms with E-state index in [2.05, 4.69) is 10.6 Å². The number of methoxy groups -OCH3 is 1. The van der Waals surface area contributed by atoms with E-state index < -0.39 is 11.9 Å². The number of nitrogens with one attached hydrogen (secondary N) is 2.